The molecule has 2 atom stereocenters. The summed E-state index contributed by atoms with van der Waals surface area (Å²) < 4.78 is 8.61. The highest BCUT2D eigenvalue weighted by Crippen LogP contribution is 2.22. The number of fused-ring (bicyclic) bond motifs is 1. The van der Waals surface area contributed by atoms with Gasteiger partial charge in [0.1, 0.15) is 24.3 Å². The van der Waals surface area contributed by atoms with Crippen LogP contribution in [0.15, 0.2) is 83.3 Å². The van der Waals surface area contributed by atoms with Gasteiger partial charge in [-0.1, -0.05) is 52.3 Å². The first kappa shape index (κ1) is 22.0. The van der Waals surface area contributed by atoms with Crippen molar-refractivity contribution in [1.82, 2.24) is 14.9 Å². The lowest BCUT2D eigenvalue weighted by molar-refractivity contribution is 0.0906. The van der Waals surface area contributed by atoms with E-state index in [1.165, 1.54) is 0 Å². The summed E-state index contributed by atoms with van der Waals surface area (Å²) in [5.74, 6) is 1.19. The lowest BCUT2D eigenvalue weighted by Crippen LogP contribution is -2.30. The maximum Gasteiger partial charge on any atom is 0.251 e. The number of halogens is 1. The predicted molar refractivity (Wildman–Crippen MR) is 128 cm³/mol. The Labute approximate surface area is 195 Å². The van der Waals surface area contributed by atoms with Crippen LogP contribution in [0.5, 0.6) is 5.75 Å². The van der Waals surface area contributed by atoms with Gasteiger partial charge in [0.15, 0.2) is 0 Å². The second kappa shape index (κ2) is 9.97. The van der Waals surface area contributed by atoms with Crippen molar-refractivity contribution in [3.05, 3.63) is 94.7 Å². The standard InChI is InChI=1S/C25H24BrN3O3/c1-17(27-25(31)18-8-3-2-4-9-18)24-28-22-12-5-6-13-23(22)29(24)15-20(30)16-32-21-11-7-10-19(26)14-21/h2-14,17,20,30H,15-16H2,1H3,(H,27,31)/t17-,20-/m1/s1. The second-order valence-corrected chi connectivity index (χ2v) is 8.47. The molecule has 1 amide bonds. The molecule has 0 unspecified atom stereocenters. The monoisotopic (exact) mass is 493 g/mol. The van der Waals surface area contributed by atoms with Crippen LogP contribution in [0, 0.1) is 0 Å². The van der Waals surface area contributed by atoms with Gasteiger partial charge in [-0.3, -0.25) is 4.79 Å². The van der Waals surface area contributed by atoms with Crippen LogP contribution in [0.25, 0.3) is 11.0 Å². The Morgan fingerprint density at radius 1 is 1.09 bits per heavy atom. The molecule has 1 aromatic heterocycles. The van der Waals surface area contributed by atoms with Gasteiger partial charge in [-0.05, 0) is 49.4 Å². The molecule has 0 saturated heterocycles. The summed E-state index contributed by atoms with van der Waals surface area (Å²) in [5, 5.41) is 13.7. The van der Waals surface area contributed by atoms with Crippen LogP contribution < -0.4 is 10.1 Å². The summed E-state index contributed by atoms with van der Waals surface area (Å²) in [6.07, 6.45) is -0.762. The van der Waals surface area contributed by atoms with Crippen molar-refractivity contribution < 1.29 is 14.6 Å². The number of para-hydroxylation sites is 2. The zero-order valence-corrected chi connectivity index (χ0v) is 19.2. The fourth-order valence-corrected chi connectivity index (χ4v) is 3.94. The van der Waals surface area contributed by atoms with Crippen molar-refractivity contribution in [2.45, 2.75) is 25.6 Å². The maximum absolute atomic E-state index is 12.6. The van der Waals surface area contributed by atoms with Crippen LogP contribution in [0.4, 0.5) is 0 Å². The van der Waals surface area contributed by atoms with Gasteiger partial charge in [0.2, 0.25) is 0 Å². The van der Waals surface area contributed by atoms with E-state index in [0.717, 1.165) is 15.5 Å². The van der Waals surface area contributed by atoms with Gasteiger partial charge in [0.05, 0.1) is 23.6 Å². The van der Waals surface area contributed by atoms with Crippen molar-refractivity contribution in [1.29, 1.82) is 0 Å². The SMILES string of the molecule is C[C@@H](NC(=O)c1ccccc1)c1nc2ccccc2n1C[C@@H](O)COc1cccc(Br)c1. The smallest absolute Gasteiger partial charge is 0.251 e. The minimum Gasteiger partial charge on any atom is -0.491 e. The van der Waals surface area contributed by atoms with Gasteiger partial charge in [0.25, 0.3) is 5.91 Å². The molecule has 0 bridgehead atoms. The first-order chi connectivity index (χ1) is 15.5. The van der Waals surface area contributed by atoms with Crippen LogP contribution in [-0.2, 0) is 6.54 Å². The predicted octanol–water partition coefficient (Wildman–Crippen LogP) is 4.73. The number of aliphatic hydroxyl groups excluding tert-OH is 1. The molecule has 0 aliphatic heterocycles. The van der Waals surface area contributed by atoms with E-state index < -0.39 is 6.10 Å². The molecule has 0 saturated carbocycles. The highest BCUT2D eigenvalue weighted by Gasteiger charge is 2.21. The molecule has 4 rings (SSSR count). The number of hydrogen-bond donors (Lipinski definition) is 2. The Morgan fingerprint density at radius 2 is 1.84 bits per heavy atom. The first-order valence-electron chi connectivity index (χ1n) is 10.4. The molecular formula is C25H24BrN3O3. The number of carbonyl (C=O) groups is 1. The fraction of sp³-hybridized carbons (Fsp3) is 0.200. The summed E-state index contributed by atoms with van der Waals surface area (Å²) in [7, 11) is 0. The third-order valence-electron chi connectivity index (χ3n) is 5.09. The molecule has 6 nitrogen and oxygen atoms in total. The average Bonchev–Trinajstić information content (AvgIpc) is 3.17. The van der Waals surface area contributed by atoms with Crippen molar-refractivity contribution in [2.75, 3.05) is 6.61 Å². The number of carbonyl (C=O) groups excluding carboxylic acids is 1. The Hall–Kier alpha value is -3.16. The van der Waals surface area contributed by atoms with E-state index in [1.54, 1.807) is 12.1 Å². The van der Waals surface area contributed by atoms with Crippen LogP contribution in [0.3, 0.4) is 0 Å². The highest BCUT2D eigenvalue weighted by molar-refractivity contribution is 9.10. The molecule has 0 fully saturated rings. The van der Waals surface area contributed by atoms with Gasteiger partial charge in [-0.2, -0.15) is 0 Å². The molecule has 0 radical (unpaired) electrons. The summed E-state index contributed by atoms with van der Waals surface area (Å²) in [6, 6.07) is 23.9. The quantitative estimate of drug-likeness (QED) is 0.372. The first-order valence-corrected chi connectivity index (χ1v) is 11.2. The number of nitrogens with zero attached hydrogens (tertiary/aromatic N) is 2. The van der Waals surface area contributed by atoms with Crippen LogP contribution in [0.1, 0.15) is 29.1 Å². The Kier molecular flexibility index (Phi) is 6.87. The lowest BCUT2D eigenvalue weighted by atomic mass is 10.2. The molecule has 2 N–H and O–H groups in total. The lowest BCUT2D eigenvalue weighted by Gasteiger charge is -2.19. The zero-order valence-electron chi connectivity index (χ0n) is 17.6. The molecular weight excluding hydrogens is 470 g/mol. The van der Waals surface area contributed by atoms with Gasteiger partial charge in [0, 0.05) is 10.0 Å². The minimum atomic E-state index is -0.762. The van der Waals surface area contributed by atoms with Crippen molar-refractivity contribution in [2.24, 2.45) is 0 Å². The molecule has 0 aliphatic carbocycles. The summed E-state index contributed by atoms with van der Waals surface area (Å²) in [5.41, 5.74) is 2.29. The molecule has 1 heterocycles. The molecule has 32 heavy (non-hydrogen) atoms. The number of imidazole rings is 1. The fourth-order valence-electron chi connectivity index (χ4n) is 3.56. The number of hydrogen-bond acceptors (Lipinski definition) is 4. The Morgan fingerprint density at radius 3 is 2.62 bits per heavy atom. The van der Waals surface area contributed by atoms with Crippen molar-refractivity contribution in [3.63, 3.8) is 0 Å². The number of rotatable bonds is 8. The van der Waals surface area contributed by atoms with Gasteiger partial charge >= 0.3 is 0 Å². The number of benzene rings is 3. The minimum absolute atomic E-state index is 0.132. The van der Waals surface area contributed by atoms with E-state index in [0.29, 0.717) is 17.1 Å². The Balaban J connectivity index is 1.52. The molecule has 3 aromatic carbocycles. The topological polar surface area (TPSA) is 76.4 Å². The summed E-state index contributed by atoms with van der Waals surface area (Å²) >= 11 is 3.42. The van der Waals surface area contributed by atoms with Crippen molar-refractivity contribution in [3.8, 4) is 5.75 Å². The highest BCUT2D eigenvalue weighted by atomic mass is 79.9. The van der Waals surface area contributed by atoms with Crippen molar-refractivity contribution >= 4 is 32.9 Å². The molecule has 0 aliphatic rings. The molecule has 0 spiro atoms. The van der Waals surface area contributed by atoms with E-state index in [9.17, 15) is 9.90 Å². The second-order valence-electron chi connectivity index (χ2n) is 7.55. The molecule has 164 valence electrons. The van der Waals surface area contributed by atoms with Gasteiger partial charge < -0.3 is 19.7 Å². The average molecular weight is 494 g/mol. The Bertz CT molecular complexity index is 1210. The maximum atomic E-state index is 12.6. The number of nitrogens with one attached hydrogen (secondary N) is 1. The number of aliphatic hydroxyl groups is 1. The number of amides is 1. The normalized spacial score (nSPS) is 13.0. The van der Waals surface area contributed by atoms with Crippen LogP contribution in [0.2, 0.25) is 0 Å². The molecule has 7 heteroatoms. The van der Waals surface area contributed by atoms with Crippen LogP contribution >= 0.6 is 15.9 Å². The van der Waals surface area contributed by atoms with E-state index in [1.807, 2.05) is 78.2 Å². The summed E-state index contributed by atoms with van der Waals surface area (Å²) in [4.78, 5) is 17.4. The van der Waals surface area contributed by atoms with E-state index in [-0.39, 0.29) is 25.1 Å². The summed E-state index contributed by atoms with van der Waals surface area (Å²) in [6.45, 7) is 2.31. The molecule has 4 aromatic rings. The third-order valence-corrected chi connectivity index (χ3v) is 5.58. The number of ether oxygens (including phenoxy) is 1. The third kappa shape index (κ3) is 5.18. The van der Waals surface area contributed by atoms with E-state index in [4.69, 9.17) is 9.72 Å². The van der Waals surface area contributed by atoms with E-state index in [2.05, 4.69) is 21.2 Å². The van der Waals surface area contributed by atoms with Crippen LogP contribution in [-0.4, -0.2) is 33.3 Å². The van der Waals surface area contributed by atoms with Gasteiger partial charge in [-0.15, -0.1) is 0 Å². The zero-order chi connectivity index (χ0) is 22.5. The van der Waals surface area contributed by atoms with Gasteiger partial charge in [-0.25, -0.2) is 4.98 Å². The van der Waals surface area contributed by atoms with E-state index >= 15 is 0 Å². The number of aromatic nitrogens is 2. The largest absolute Gasteiger partial charge is 0.491 e.